The molecule has 0 amide bonds. The highest BCUT2D eigenvalue weighted by molar-refractivity contribution is 5.13. The van der Waals surface area contributed by atoms with Crippen molar-refractivity contribution in [2.75, 3.05) is 0 Å². The molecule has 1 aromatic heterocycles. The van der Waals surface area contributed by atoms with Crippen LogP contribution in [0, 0.1) is 13.1 Å². The molecule has 0 aromatic carbocycles. The van der Waals surface area contributed by atoms with Gasteiger partial charge in [0.15, 0.2) is 0 Å². The molecule has 1 heterocycles. The number of aromatic nitrogens is 1. The van der Waals surface area contributed by atoms with Crippen molar-refractivity contribution in [2.24, 2.45) is 0 Å². The molecule has 0 saturated heterocycles. The van der Waals surface area contributed by atoms with Crippen LogP contribution >= 0.6 is 0 Å². The van der Waals surface area contributed by atoms with Crippen molar-refractivity contribution in [2.45, 2.75) is 13.5 Å². The molecule has 0 spiro atoms. The minimum absolute atomic E-state index is 0.0693. The lowest BCUT2D eigenvalue weighted by Crippen LogP contribution is -1.85. The Hall–Kier alpha value is -0.890. The fourth-order valence-electron chi connectivity index (χ4n) is 0.651. The van der Waals surface area contributed by atoms with Crippen LogP contribution in [-0.4, -0.2) is 10.1 Å². The summed E-state index contributed by atoms with van der Waals surface area (Å²) in [7, 11) is 0. The van der Waals surface area contributed by atoms with E-state index in [1.807, 2.05) is 13.0 Å². The average molecular weight is 122 g/mol. The van der Waals surface area contributed by atoms with Crippen molar-refractivity contribution >= 4 is 0 Å². The lowest BCUT2D eigenvalue weighted by Gasteiger charge is -1.93. The SMILES string of the molecule is Cc1cc(CO)c[c]n1. The molecule has 1 radical (unpaired) electrons. The molecule has 2 heteroatoms. The molecule has 2 nitrogen and oxygen atoms in total. The van der Waals surface area contributed by atoms with Gasteiger partial charge in [0, 0.05) is 5.69 Å². The minimum atomic E-state index is 0.0693. The van der Waals surface area contributed by atoms with Gasteiger partial charge in [0.05, 0.1) is 12.8 Å². The molecular formula is C7H8NO. The standard InChI is InChI=1S/C7H8NO/c1-6-4-7(5-9)2-3-8-6/h2,4,9H,5H2,1H3. The Balaban J connectivity index is 2.94. The second kappa shape index (κ2) is 2.60. The van der Waals surface area contributed by atoms with Gasteiger partial charge in [-0.2, -0.15) is 0 Å². The molecule has 47 valence electrons. The van der Waals surface area contributed by atoms with E-state index in [9.17, 15) is 0 Å². The fourth-order valence-corrected chi connectivity index (χ4v) is 0.651. The summed E-state index contributed by atoms with van der Waals surface area (Å²) < 4.78 is 0. The molecule has 1 N–H and O–H groups in total. The van der Waals surface area contributed by atoms with Crippen molar-refractivity contribution in [1.82, 2.24) is 4.98 Å². The number of nitrogens with zero attached hydrogens (tertiary/aromatic N) is 1. The summed E-state index contributed by atoms with van der Waals surface area (Å²) in [4.78, 5) is 3.85. The number of hydrogen-bond donors (Lipinski definition) is 1. The predicted molar refractivity (Wildman–Crippen MR) is 33.7 cm³/mol. The summed E-state index contributed by atoms with van der Waals surface area (Å²) >= 11 is 0. The Morgan fingerprint density at radius 1 is 1.78 bits per heavy atom. The van der Waals surface area contributed by atoms with Crippen molar-refractivity contribution in [3.8, 4) is 0 Å². The normalized spacial score (nSPS) is 9.56. The van der Waals surface area contributed by atoms with Gasteiger partial charge >= 0.3 is 0 Å². The molecular weight excluding hydrogens is 114 g/mol. The zero-order valence-electron chi connectivity index (χ0n) is 5.26. The maximum absolute atomic E-state index is 8.61. The quantitative estimate of drug-likeness (QED) is 0.594. The van der Waals surface area contributed by atoms with Crippen molar-refractivity contribution in [1.29, 1.82) is 0 Å². The van der Waals surface area contributed by atoms with Crippen LogP contribution in [0.25, 0.3) is 0 Å². The summed E-state index contributed by atoms with van der Waals surface area (Å²) in [6, 6.07) is 3.50. The molecule has 0 unspecified atom stereocenters. The van der Waals surface area contributed by atoms with Gasteiger partial charge in [-0.15, -0.1) is 0 Å². The highest BCUT2D eigenvalue weighted by Gasteiger charge is 1.88. The maximum atomic E-state index is 8.61. The van der Waals surface area contributed by atoms with Gasteiger partial charge in [-0.1, -0.05) is 0 Å². The van der Waals surface area contributed by atoms with E-state index in [4.69, 9.17) is 5.11 Å². The van der Waals surface area contributed by atoms with E-state index in [0.29, 0.717) is 0 Å². The molecule has 0 aliphatic heterocycles. The van der Waals surface area contributed by atoms with Crippen LogP contribution in [0.4, 0.5) is 0 Å². The first-order valence-electron chi connectivity index (χ1n) is 2.77. The van der Waals surface area contributed by atoms with Crippen molar-refractivity contribution in [3.05, 3.63) is 29.6 Å². The summed E-state index contributed by atoms with van der Waals surface area (Å²) in [6.07, 6.45) is 2.67. The Morgan fingerprint density at radius 3 is 3.00 bits per heavy atom. The molecule has 0 bridgehead atoms. The van der Waals surface area contributed by atoms with Crippen LogP contribution in [0.2, 0.25) is 0 Å². The largest absolute Gasteiger partial charge is 0.392 e. The third-order valence-corrected chi connectivity index (χ3v) is 1.07. The Bertz CT molecular complexity index is 198. The number of rotatable bonds is 1. The van der Waals surface area contributed by atoms with E-state index in [1.165, 1.54) is 0 Å². The van der Waals surface area contributed by atoms with E-state index in [1.54, 1.807) is 6.07 Å². The maximum Gasteiger partial charge on any atom is 0.0893 e. The lowest BCUT2D eigenvalue weighted by molar-refractivity contribution is 0.281. The number of aryl methyl sites for hydroxylation is 1. The Kier molecular flexibility index (Phi) is 1.80. The molecule has 0 aliphatic rings. The van der Waals surface area contributed by atoms with E-state index in [-0.39, 0.29) is 6.61 Å². The van der Waals surface area contributed by atoms with E-state index in [2.05, 4.69) is 11.2 Å². The number of hydrogen-bond acceptors (Lipinski definition) is 2. The van der Waals surface area contributed by atoms with Gasteiger partial charge in [0.2, 0.25) is 0 Å². The minimum Gasteiger partial charge on any atom is -0.392 e. The second-order valence-corrected chi connectivity index (χ2v) is 1.90. The smallest absolute Gasteiger partial charge is 0.0893 e. The molecule has 0 fully saturated rings. The number of aliphatic hydroxyl groups excluding tert-OH is 1. The van der Waals surface area contributed by atoms with Crippen LogP contribution in [0.15, 0.2) is 12.1 Å². The van der Waals surface area contributed by atoms with Crippen LogP contribution in [0.1, 0.15) is 11.3 Å². The molecule has 1 rings (SSSR count). The van der Waals surface area contributed by atoms with E-state index < -0.39 is 0 Å². The second-order valence-electron chi connectivity index (χ2n) is 1.90. The summed E-state index contributed by atoms with van der Waals surface area (Å²) in [6.45, 7) is 1.94. The van der Waals surface area contributed by atoms with Crippen LogP contribution in [-0.2, 0) is 6.61 Å². The Labute approximate surface area is 54.2 Å². The molecule has 1 aromatic rings. The highest BCUT2D eigenvalue weighted by Crippen LogP contribution is 1.98. The van der Waals surface area contributed by atoms with Crippen molar-refractivity contribution < 1.29 is 5.11 Å². The summed E-state index contributed by atoms with van der Waals surface area (Å²) in [5.74, 6) is 0. The first kappa shape index (κ1) is 6.23. The van der Waals surface area contributed by atoms with E-state index >= 15 is 0 Å². The lowest BCUT2D eigenvalue weighted by atomic mass is 10.2. The monoisotopic (exact) mass is 122 g/mol. The van der Waals surface area contributed by atoms with Gasteiger partial charge in [-0.3, -0.25) is 4.98 Å². The van der Waals surface area contributed by atoms with Crippen molar-refractivity contribution in [3.63, 3.8) is 0 Å². The molecule has 9 heavy (non-hydrogen) atoms. The summed E-state index contributed by atoms with van der Waals surface area (Å²) in [5, 5.41) is 8.61. The predicted octanol–water partition coefficient (Wildman–Crippen LogP) is 0.683. The first-order valence-corrected chi connectivity index (χ1v) is 2.77. The number of aliphatic hydroxyl groups is 1. The van der Waals surface area contributed by atoms with Gasteiger partial charge < -0.3 is 5.11 Å². The first-order chi connectivity index (χ1) is 4.33. The Morgan fingerprint density at radius 2 is 2.56 bits per heavy atom. The molecule has 0 saturated carbocycles. The van der Waals surface area contributed by atoms with Crippen LogP contribution in [0.3, 0.4) is 0 Å². The molecule has 0 atom stereocenters. The van der Waals surface area contributed by atoms with Crippen LogP contribution in [0.5, 0.6) is 0 Å². The highest BCUT2D eigenvalue weighted by atomic mass is 16.3. The average Bonchev–Trinajstić information content (AvgIpc) is 1.88. The van der Waals surface area contributed by atoms with Gasteiger partial charge in [0.25, 0.3) is 0 Å². The third-order valence-electron chi connectivity index (χ3n) is 1.07. The third kappa shape index (κ3) is 1.50. The fraction of sp³-hybridized carbons (Fsp3) is 0.286. The molecule has 0 aliphatic carbocycles. The summed E-state index contributed by atoms with van der Waals surface area (Å²) in [5.41, 5.74) is 1.75. The van der Waals surface area contributed by atoms with E-state index in [0.717, 1.165) is 11.3 Å². The van der Waals surface area contributed by atoms with Crippen LogP contribution < -0.4 is 0 Å². The zero-order valence-corrected chi connectivity index (χ0v) is 5.26. The van der Waals surface area contributed by atoms with Gasteiger partial charge in [0.1, 0.15) is 0 Å². The topological polar surface area (TPSA) is 33.1 Å². The van der Waals surface area contributed by atoms with Gasteiger partial charge in [-0.25, -0.2) is 0 Å². The van der Waals surface area contributed by atoms with Gasteiger partial charge in [-0.05, 0) is 24.6 Å². The zero-order chi connectivity index (χ0) is 6.69. The number of pyridine rings is 1.